The van der Waals surface area contributed by atoms with Crippen molar-refractivity contribution in [2.24, 2.45) is 0 Å². The molecule has 100 valence electrons. The van der Waals surface area contributed by atoms with Gasteiger partial charge in [-0.15, -0.1) is 0 Å². The van der Waals surface area contributed by atoms with Crippen LogP contribution in [0, 0.1) is 5.82 Å². The molecule has 0 aromatic heterocycles. The van der Waals surface area contributed by atoms with Crippen LogP contribution in [-0.4, -0.2) is 13.1 Å². The second-order valence-corrected chi connectivity index (χ2v) is 4.89. The third kappa shape index (κ3) is 4.62. The van der Waals surface area contributed by atoms with Gasteiger partial charge in [0.1, 0.15) is 5.82 Å². The molecule has 0 aliphatic carbocycles. The van der Waals surface area contributed by atoms with Gasteiger partial charge < -0.3 is 10.6 Å². The van der Waals surface area contributed by atoms with Crippen LogP contribution in [0.4, 0.5) is 15.8 Å². The first-order valence-electron chi connectivity index (χ1n) is 5.83. The number of benzene rings is 2. The lowest BCUT2D eigenvalue weighted by Gasteiger charge is -2.09. The number of hydrogen-bond donors (Lipinski definition) is 2. The van der Waals surface area contributed by atoms with E-state index >= 15 is 0 Å². The Bertz CT molecular complexity index is 523. The number of anilines is 2. The second-order valence-electron chi connectivity index (χ2n) is 4.02. The molecule has 2 aromatic rings. The molecule has 0 saturated carbocycles. The van der Waals surface area contributed by atoms with E-state index in [1.807, 2.05) is 12.1 Å². The van der Waals surface area contributed by atoms with Crippen LogP contribution in [0.5, 0.6) is 0 Å². The van der Waals surface area contributed by atoms with Crippen LogP contribution in [0.3, 0.4) is 0 Å². The number of rotatable bonds is 5. The van der Waals surface area contributed by atoms with E-state index in [0.29, 0.717) is 23.1 Å². The summed E-state index contributed by atoms with van der Waals surface area (Å²) in [5.41, 5.74) is 1.76. The molecule has 0 bridgehead atoms. The normalized spacial score (nSPS) is 10.3. The van der Waals surface area contributed by atoms with Crippen LogP contribution in [0.15, 0.2) is 42.5 Å². The molecule has 0 heterocycles. The molecule has 5 heteroatoms. The van der Waals surface area contributed by atoms with Crippen LogP contribution >= 0.6 is 23.2 Å². The lowest BCUT2D eigenvalue weighted by atomic mass is 10.3. The summed E-state index contributed by atoms with van der Waals surface area (Å²) >= 11 is 11.8. The van der Waals surface area contributed by atoms with Crippen molar-refractivity contribution in [3.63, 3.8) is 0 Å². The van der Waals surface area contributed by atoms with Gasteiger partial charge in [-0.2, -0.15) is 0 Å². The summed E-state index contributed by atoms with van der Waals surface area (Å²) in [4.78, 5) is 0. The summed E-state index contributed by atoms with van der Waals surface area (Å²) in [6, 6.07) is 11.6. The zero-order valence-electron chi connectivity index (χ0n) is 10.1. The molecular formula is C14H13Cl2FN2. The van der Waals surface area contributed by atoms with E-state index in [0.717, 1.165) is 11.4 Å². The minimum absolute atomic E-state index is 0.239. The van der Waals surface area contributed by atoms with Crippen molar-refractivity contribution < 1.29 is 4.39 Å². The molecule has 2 nitrogen and oxygen atoms in total. The maximum Gasteiger partial charge on any atom is 0.123 e. The molecular weight excluding hydrogens is 286 g/mol. The van der Waals surface area contributed by atoms with E-state index in [-0.39, 0.29) is 5.82 Å². The average Bonchev–Trinajstić information content (AvgIpc) is 2.36. The Morgan fingerprint density at radius 3 is 1.89 bits per heavy atom. The molecule has 0 aliphatic rings. The molecule has 2 aromatic carbocycles. The maximum absolute atomic E-state index is 12.7. The van der Waals surface area contributed by atoms with Gasteiger partial charge in [0.15, 0.2) is 0 Å². The van der Waals surface area contributed by atoms with Crippen LogP contribution in [-0.2, 0) is 0 Å². The van der Waals surface area contributed by atoms with Gasteiger partial charge in [-0.25, -0.2) is 4.39 Å². The van der Waals surface area contributed by atoms with Gasteiger partial charge in [0, 0.05) is 34.5 Å². The van der Waals surface area contributed by atoms with E-state index in [2.05, 4.69) is 10.6 Å². The first-order chi connectivity index (χ1) is 9.13. The van der Waals surface area contributed by atoms with Gasteiger partial charge in [-0.3, -0.25) is 0 Å². The minimum atomic E-state index is -0.239. The van der Waals surface area contributed by atoms with Crippen molar-refractivity contribution in [1.29, 1.82) is 0 Å². The highest BCUT2D eigenvalue weighted by atomic mass is 35.5. The fourth-order valence-electron chi connectivity index (χ4n) is 1.64. The Morgan fingerprint density at radius 2 is 1.32 bits per heavy atom. The monoisotopic (exact) mass is 298 g/mol. The zero-order chi connectivity index (χ0) is 13.7. The van der Waals surface area contributed by atoms with Crippen LogP contribution in [0.2, 0.25) is 10.0 Å². The summed E-state index contributed by atoms with van der Waals surface area (Å²) in [7, 11) is 0. The molecule has 0 unspecified atom stereocenters. The van der Waals surface area contributed by atoms with Gasteiger partial charge in [0.05, 0.1) is 0 Å². The fraction of sp³-hybridized carbons (Fsp3) is 0.143. The highest BCUT2D eigenvalue weighted by Crippen LogP contribution is 2.22. The van der Waals surface area contributed by atoms with Crippen LogP contribution < -0.4 is 10.6 Å². The van der Waals surface area contributed by atoms with E-state index < -0.39 is 0 Å². The molecule has 0 aliphatic heterocycles. The summed E-state index contributed by atoms with van der Waals surface area (Å²) in [6.07, 6.45) is 0. The average molecular weight is 299 g/mol. The Kier molecular flexibility index (Phi) is 4.88. The number of halogens is 3. The van der Waals surface area contributed by atoms with Crippen molar-refractivity contribution in [1.82, 2.24) is 0 Å². The van der Waals surface area contributed by atoms with Gasteiger partial charge in [-0.05, 0) is 42.5 Å². The lowest BCUT2D eigenvalue weighted by Crippen LogP contribution is -2.13. The van der Waals surface area contributed by atoms with E-state index in [1.165, 1.54) is 12.1 Å². The first-order valence-corrected chi connectivity index (χ1v) is 6.58. The highest BCUT2D eigenvalue weighted by molar-refractivity contribution is 6.35. The van der Waals surface area contributed by atoms with E-state index in [1.54, 1.807) is 18.2 Å². The quantitative estimate of drug-likeness (QED) is 0.785. The largest absolute Gasteiger partial charge is 0.383 e. The number of hydrogen-bond acceptors (Lipinski definition) is 2. The van der Waals surface area contributed by atoms with Gasteiger partial charge in [-0.1, -0.05) is 23.2 Å². The van der Waals surface area contributed by atoms with Gasteiger partial charge in [0.2, 0.25) is 0 Å². The molecule has 19 heavy (non-hydrogen) atoms. The summed E-state index contributed by atoms with van der Waals surface area (Å²) in [5, 5.41) is 7.58. The van der Waals surface area contributed by atoms with Gasteiger partial charge >= 0.3 is 0 Å². The van der Waals surface area contributed by atoms with Crippen LogP contribution in [0.1, 0.15) is 0 Å². The van der Waals surface area contributed by atoms with E-state index in [9.17, 15) is 4.39 Å². The van der Waals surface area contributed by atoms with Crippen molar-refractivity contribution in [3.05, 3.63) is 58.3 Å². The maximum atomic E-state index is 12.7. The predicted molar refractivity (Wildman–Crippen MR) is 79.8 cm³/mol. The second kappa shape index (κ2) is 6.64. The highest BCUT2D eigenvalue weighted by Gasteiger charge is 1.97. The lowest BCUT2D eigenvalue weighted by molar-refractivity contribution is 0.628. The Morgan fingerprint density at radius 1 is 0.789 bits per heavy atom. The first kappa shape index (κ1) is 14.0. The van der Waals surface area contributed by atoms with E-state index in [4.69, 9.17) is 23.2 Å². The van der Waals surface area contributed by atoms with Crippen molar-refractivity contribution in [2.45, 2.75) is 0 Å². The summed E-state index contributed by atoms with van der Waals surface area (Å²) in [5.74, 6) is -0.239. The molecule has 0 saturated heterocycles. The molecule has 2 N–H and O–H groups in total. The molecule has 0 spiro atoms. The Labute approximate surface area is 121 Å². The Hall–Kier alpha value is -1.45. The van der Waals surface area contributed by atoms with Crippen LogP contribution in [0.25, 0.3) is 0 Å². The Balaban J connectivity index is 1.79. The number of nitrogens with one attached hydrogen (secondary N) is 2. The smallest absolute Gasteiger partial charge is 0.123 e. The SMILES string of the molecule is Fc1ccc(NCCNc2cc(Cl)cc(Cl)c2)cc1. The third-order valence-corrected chi connectivity index (χ3v) is 2.93. The zero-order valence-corrected chi connectivity index (χ0v) is 11.6. The molecule has 0 fully saturated rings. The molecule has 0 radical (unpaired) electrons. The molecule has 0 atom stereocenters. The van der Waals surface area contributed by atoms with Crippen molar-refractivity contribution >= 4 is 34.6 Å². The summed E-state index contributed by atoms with van der Waals surface area (Å²) < 4.78 is 12.7. The predicted octanol–water partition coefficient (Wildman–Crippen LogP) is 4.66. The third-order valence-electron chi connectivity index (χ3n) is 2.49. The summed E-state index contributed by atoms with van der Waals surface area (Å²) in [6.45, 7) is 1.41. The topological polar surface area (TPSA) is 24.1 Å². The standard InChI is InChI=1S/C14H13Cl2FN2/c15-10-7-11(16)9-14(8-10)19-6-5-18-13-3-1-12(17)2-4-13/h1-4,7-9,18-19H,5-6H2. The molecule has 2 rings (SSSR count). The fourth-order valence-corrected chi connectivity index (χ4v) is 2.16. The van der Waals surface area contributed by atoms with Crippen molar-refractivity contribution in [3.8, 4) is 0 Å². The molecule has 0 amide bonds. The minimum Gasteiger partial charge on any atom is -0.383 e. The van der Waals surface area contributed by atoms with Gasteiger partial charge in [0.25, 0.3) is 0 Å². The van der Waals surface area contributed by atoms with Crippen molar-refractivity contribution in [2.75, 3.05) is 23.7 Å².